The topological polar surface area (TPSA) is 17.1 Å². The number of halogens is 1. The zero-order chi connectivity index (χ0) is 11.8. The van der Waals surface area contributed by atoms with Crippen LogP contribution in [0.25, 0.3) is 0 Å². The Morgan fingerprint density at radius 3 is 2.75 bits per heavy atom. The van der Waals surface area contributed by atoms with E-state index in [1.807, 2.05) is 13.0 Å². The average Bonchev–Trinajstić information content (AvgIpc) is 2.52. The lowest BCUT2D eigenvalue weighted by molar-refractivity contribution is -0.117. The van der Waals surface area contributed by atoms with Crippen LogP contribution in [-0.4, -0.2) is 5.78 Å². The smallest absolute Gasteiger partial charge is 0.133 e. The van der Waals surface area contributed by atoms with Crippen LogP contribution in [0, 0.1) is 12.3 Å². The Morgan fingerprint density at radius 2 is 2.19 bits per heavy atom. The largest absolute Gasteiger partial charge is 0.300 e. The Labute approximate surface area is 102 Å². The van der Waals surface area contributed by atoms with E-state index in [1.54, 1.807) is 0 Å². The SMILES string of the molecule is Cc1ccc(CC2(C)CCC(=O)C2)c(Cl)c1. The van der Waals surface area contributed by atoms with E-state index in [4.69, 9.17) is 11.6 Å². The lowest BCUT2D eigenvalue weighted by Gasteiger charge is -2.23. The highest BCUT2D eigenvalue weighted by Gasteiger charge is 2.34. The molecule has 1 saturated carbocycles. The van der Waals surface area contributed by atoms with Crippen LogP contribution >= 0.6 is 11.6 Å². The number of benzene rings is 1. The van der Waals surface area contributed by atoms with Gasteiger partial charge in [0.1, 0.15) is 5.78 Å². The molecule has 0 saturated heterocycles. The van der Waals surface area contributed by atoms with Gasteiger partial charge in [0.25, 0.3) is 0 Å². The van der Waals surface area contributed by atoms with Crippen molar-refractivity contribution in [3.8, 4) is 0 Å². The normalized spacial score (nSPS) is 25.1. The summed E-state index contributed by atoms with van der Waals surface area (Å²) in [5.74, 6) is 0.394. The Morgan fingerprint density at radius 1 is 1.44 bits per heavy atom. The second-order valence-electron chi connectivity index (χ2n) is 5.30. The maximum absolute atomic E-state index is 11.4. The number of carbonyl (C=O) groups is 1. The predicted molar refractivity (Wildman–Crippen MR) is 66.9 cm³/mol. The molecule has 1 aliphatic carbocycles. The van der Waals surface area contributed by atoms with Crippen LogP contribution in [-0.2, 0) is 11.2 Å². The summed E-state index contributed by atoms with van der Waals surface area (Å²) < 4.78 is 0. The summed E-state index contributed by atoms with van der Waals surface area (Å²) in [6, 6.07) is 6.17. The van der Waals surface area contributed by atoms with Crippen LogP contribution in [0.4, 0.5) is 0 Å². The number of hydrogen-bond donors (Lipinski definition) is 0. The summed E-state index contributed by atoms with van der Waals surface area (Å²) in [6.45, 7) is 4.23. The third-order valence-electron chi connectivity index (χ3n) is 3.46. The van der Waals surface area contributed by atoms with Gasteiger partial charge in [-0.1, -0.05) is 30.7 Å². The van der Waals surface area contributed by atoms with Gasteiger partial charge in [-0.15, -0.1) is 0 Å². The van der Waals surface area contributed by atoms with Gasteiger partial charge in [-0.25, -0.2) is 0 Å². The summed E-state index contributed by atoms with van der Waals surface area (Å²) in [7, 11) is 0. The molecule has 1 fully saturated rings. The number of hydrogen-bond acceptors (Lipinski definition) is 1. The van der Waals surface area contributed by atoms with Gasteiger partial charge in [-0.2, -0.15) is 0 Å². The van der Waals surface area contributed by atoms with Crippen molar-refractivity contribution < 1.29 is 4.79 Å². The highest BCUT2D eigenvalue weighted by atomic mass is 35.5. The summed E-state index contributed by atoms with van der Waals surface area (Å²) in [4.78, 5) is 11.4. The van der Waals surface area contributed by atoms with Crippen LogP contribution < -0.4 is 0 Å². The van der Waals surface area contributed by atoms with Crippen molar-refractivity contribution in [2.24, 2.45) is 5.41 Å². The van der Waals surface area contributed by atoms with E-state index in [9.17, 15) is 4.79 Å². The number of ketones is 1. The molecule has 1 unspecified atom stereocenters. The zero-order valence-electron chi connectivity index (χ0n) is 9.85. The first-order valence-electron chi connectivity index (χ1n) is 5.75. The Balaban J connectivity index is 2.17. The molecule has 1 atom stereocenters. The van der Waals surface area contributed by atoms with E-state index in [0.717, 1.165) is 24.3 Å². The second-order valence-corrected chi connectivity index (χ2v) is 5.70. The van der Waals surface area contributed by atoms with Crippen LogP contribution in [0.2, 0.25) is 5.02 Å². The predicted octanol–water partition coefficient (Wildman–Crippen LogP) is 3.95. The molecule has 0 radical (unpaired) electrons. The Kier molecular flexibility index (Phi) is 3.07. The molecule has 1 aromatic carbocycles. The van der Waals surface area contributed by atoms with E-state index in [1.165, 1.54) is 11.1 Å². The minimum Gasteiger partial charge on any atom is -0.300 e. The lowest BCUT2D eigenvalue weighted by atomic mass is 9.82. The van der Waals surface area contributed by atoms with Gasteiger partial charge in [0.2, 0.25) is 0 Å². The molecule has 1 aliphatic rings. The van der Waals surface area contributed by atoms with E-state index >= 15 is 0 Å². The first-order chi connectivity index (χ1) is 7.48. The molecule has 0 aliphatic heterocycles. The third kappa shape index (κ3) is 2.46. The first-order valence-corrected chi connectivity index (χ1v) is 6.13. The molecule has 0 spiro atoms. The maximum Gasteiger partial charge on any atom is 0.133 e. The van der Waals surface area contributed by atoms with Gasteiger partial charge in [0.05, 0.1) is 0 Å². The fraction of sp³-hybridized carbons (Fsp3) is 0.500. The number of rotatable bonds is 2. The van der Waals surface area contributed by atoms with Crippen molar-refractivity contribution in [1.29, 1.82) is 0 Å². The third-order valence-corrected chi connectivity index (χ3v) is 3.81. The van der Waals surface area contributed by atoms with Crippen molar-refractivity contribution in [2.45, 2.75) is 39.5 Å². The van der Waals surface area contributed by atoms with Crippen LogP contribution in [0.15, 0.2) is 18.2 Å². The molecule has 0 amide bonds. The summed E-state index contributed by atoms with van der Waals surface area (Å²) in [6.07, 6.45) is 3.35. The highest BCUT2D eigenvalue weighted by molar-refractivity contribution is 6.31. The van der Waals surface area contributed by atoms with Gasteiger partial charge < -0.3 is 0 Å². The quantitative estimate of drug-likeness (QED) is 0.760. The minimum atomic E-state index is 0.121. The molecular formula is C14H17ClO. The van der Waals surface area contributed by atoms with E-state index in [0.29, 0.717) is 12.2 Å². The van der Waals surface area contributed by atoms with E-state index in [2.05, 4.69) is 19.1 Å². The van der Waals surface area contributed by atoms with Crippen molar-refractivity contribution in [3.63, 3.8) is 0 Å². The minimum absolute atomic E-state index is 0.121. The summed E-state index contributed by atoms with van der Waals surface area (Å²) >= 11 is 6.22. The van der Waals surface area contributed by atoms with Crippen LogP contribution in [0.3, 0.4) is 0 Å². The van der Waals surface area contributed by atoms with Crippen LogP contribution in [0.5, 0.6) is 0 Å². The fourth-order valence-corrected chi connectivity index (χ4v) is 2.80. The molecule has 2 rings (SSSR count). The first kappa shape index (κ1) is 11.7. The molecule has 1 aromatic rings. The summed E-state index contributed by atoms with van der Waals surface area (Å²) in [5.41, 5.74) is 2.47. The molecular weight excluding hydrogens is 220 g/mol. The van der Waals surface area contributed by atoms with Gasteiger partial charge in [0.15, 0.2) is 0 Å². The van der Waals surface area contributed by atoms with E-state index in [-0.39, 0.29) is 5.41 Å². The molecule has 0 N–H and O–H groups in total. The number of aryl methyl sites for hydroxylation is 1. The Hall–Kier alpha value is -0.820. The van der Waals surface area contributed by atoms with Crippen LogP contribution in [0.1, 0.15) is 37.3 Å². The van der Waals surface area contributed by atoms with Crippen molar-refractivity contribution in [3.05, 3.63) is 34.3 Å². The highest BCUT2D eigenvalue weighted by Crippen LogP contribution is 2.39. The van der Waals surface area contributed by atoms with Gasteiger partial charge in [-0.05, 0) is 42.4 Å². The molecule has 0 bridgehead atoms. The second kappa shape index (κ2) is 4.21. The molecule has 0 heterocycles. The molecule has 2 heteroatoms. The van der Waals surface area contributed by atoms with Crippen molar-refractivity contribution in [1.82, 2.24) is 0 Å². The van der Waals surface area contributed by atoms with Crippen molar-refractivity contribution >= 4 is 17.4 Å². The van der Waals surface area contributed by atoms with Gasteiger partial charge in [0, 0.05) is 17.9 Å². The molecule has 86 valence electrons. The van der Waals surface area contributed by atoms with Gasteiger partial charge >= 0.3 is 0 Å². The maximum atomic E-state index is 11.4. The van der Waals surface area contributed by atoms with Crippen molar-refractivity contribution in [2.75, 3.05) is 0 Å². The molecule has 16 heavy (non-hydrogen) atoms. The molecule has 1 nitrogen and oxygen atoms in total. The molecule has 0 aromatic heterocycles. The van der Waals surface area contributed by atoms with E-state index < -0.39 is 0 Å². The monoisotopic (exact) mass is 236 g/mol. The van der Waals surface area contributed by atoms with Gasteiger partial charge in [-0.3, -0.25) is 4.79 Å². The zero-order valence-corrected chi connectivity index (χ0v) is 10.6. The Bertz CT molecular complexity index is 425. The average molecular weight is 237 g/mol. The standard InChI is InChI=1S/C14H17ClO/c1-10-3-4-11(13(15)7-10)8-14(2)6-5-12(16)9-14/h3-4,7H,5-6,8-9H2,1-2H3. The number of Topliss-reactive ketones (excluding diaryl/α,β-unsaturated/α-hetero) is 1. The summed E-state index contributed by atoms with van der Waals surface area (Å²) in [5, 5.41) is 0.834. The fourth-order valence-electron chi connectivity index (χ4n) is 2.50. The number of carbonyl (C=O) groups excluding carboxylic acids is 1. The lowest BCUT2D eigenvalue weighted by Crippen LogP contribution is -2.15.